The summed E-state index contributed by atoms with van der Waals surface area (Å²) < 4.78 is 11.6. The van der Waals surface area contributed by atoms with E-state index in [2.05, 4.69) is 24.5 Å². The van der Waals surface area contributed by atoms with Crippen molar-refractivity contribution in [2.45, 2.75) is 70.6 Å². The zero-order valence-corrected chi connectivity index (χ0v) is 24.3. The summed E-state index contributed by atoms with van der Waals surface area (Å²) in [4.78, 5) is 15.3. The zero-order chi connectivity index (χ0) is 28.1. The molecule has 3 atom stereocenters. The maximum absolute atomic E-state index is 13.4. The molecule has 0 bridgehead atoms. The number of methoxy groups -OCH3 is 1. The van der Waals surface area contributed by atoms with Gasteiger partial charge in [-0.15, -0.1) is 0 Å². The molecule has 0 aromatic heterocycles. The summed E-state index contributed by atoms with van der Waals surface area (Å²) in [6.45, 7) is 7.37. The lowest BCUT2D eigenvalue weighted by molar-refractivity contribution is -0.0581. The first-order valence-electron chi connectivity index (χ1n) is 14.5. The van der Waals surface area contributed by atoms with E-state index in [1.54, 1.807) is 7.11 Å². The predicted molar refractivity (Wildman–Crippen MR) is 157 cm³/mol. The highest BCUT2D eigenvalue weighted by atomic mass is 16.5. The van der Waals surface area contributed by atoms with Crippen LogP contribution in [0.1, 0.15) is 63.5 Å². The van der Waals surface area contributed by atoms with Gasteiger partial charge in [0.05, 0.1) is 5.60 Å². The average molecular weight is 540 g/mol. The second kappa shape index (κ2) is 15.8. The molecule has 3 N–H and O–H groups in total. The van der Waals surface area contributed by atoms with Crippen molar-refractivity contribution < 1.29 is 19.4 Å². The van der Waals surface area contributed by atoms with Crippen LogP contribution in [0, 0.1) is 11.8 Å². The van der Waals surface area contributed by atoms with Crippen LogP contribution >= 0.6 is 0 Å². The van der Waals surface area contributed by atoms with E-state index in [0.717, 1.165) is 49.8 Å². The maximum atomic E-state index is 13.4. The zero-order valence-electron chi connectivity index (χ0n) is 24.3. The molecular formula is C32H49N3O4. The number of nitrogens with zero attached hydrogens (tertiary/aromatic N) is 1. The number of amides is 2. The number of piperidine rings is 1. The third-order valence-electron chi connectivity index (χ3n) is 7.67. The lowest BCUT2D eigenvalue weighted by Gasteiger charge is -2.43. The van der Waals surface area contributed by atoms with Gasteiger partial charge in [0.2, 0.25) is 0 Å². The molecule has 2 aromatic carbocycles. The van der Waals surface area contributed by atoms with Crippen LogP contribution in [0.25, 0.3) is 0 Å². The fourth-order valence-electron chi connectivity index (χ4n) is 5.71. The number of rotatable bonds is 15. The summed E-state index contributed by atoms with van der Waals surface area (Å²) in [5.74, 6) is 1.08. The topological polar surface area (TPSA) is 83.1 Å². The molecule has 1 saturated heterocycles. The van der Waals surface area contributed by atoms with Crippen LogP contribution in [-0.2, 0) is 16.9 Å². The molecule has 7 nitrogen and oxygen atoms in total. The van der Waals surface area contributed by atoms with E-state index < -0.39 is 5.60 Å². The molecule has 2 unspecified atom stereocenters. The van der Waals surface area contributed by atoms with Crippen molar-refractivity contribution >= 4 is 6.03 Å². The van der Waals surface area contributed by atoms with E-state index in [4.69, 9.17) is 9.47 Å². The number of benzene rings is 2. The molecule has 7 heteroatoms. The lowest BCUT2D eigenvalue weighted by atomic mass is 9.73. The van der Waals surface area contributed by atoms with Crippen molar-refractivity contribution in [1.82, 2.24) is 15.5 Å². The van der Waals surface area contributed by atoms with Gasteiger partial charge in [0.15, 0.2) is 0 Å². The van der Waals surface area contributed by atoms with Crippen LogP contribution in [0.15, 0.2) is 54.6 Å². The quantitative estimate of drug-likeness (QED) is 0.267. The molecule has 0 spiro atoms. The summed E-state index contributed by atoms with van der Waals surface area (Å²) >= 11 is 0. The molecule has 1 fully saturated rings. The number of carbonyl (C=O) groups is 1. The van der Waals surface area contributed by atoms with Crippen molar-refractivity contribution in [2.24, 2.45) is 11.8 Å². The Morgan fingerprint density at radius 1 is 1.13 bits per heavy atom. The van der Waals surface area contributed by atoms with Gasteiger partial charge in [0, 0.05) is 50.9 Å². The number of likely N-dealkylation sites (N-methyl/N-ethyl adjacent to an activating group) is 1. The SMILES string of the molecule is CNCC(CC(C)C)NC(=O)N1CCC[C@@H](C(O)(CCCCOC)c2ccccc2OCc2ccccc2)C1. The van der Waals surface area contributed by atoms with Crippen LogP contribution in [0.2, 0.25) is 0 Å². The van der Waals surface area contributed by atoms with Crippen LogP contribution in [0.5, 0.6) is 5.75 Å². The number of nitrogens with one attached hydrogen (secondary N) is 2. The number of carbonyl (C=O) groups excluding carboxylic acids is 1. The minimum atomic E-state index is -1.12. The van der Waals surface area contributed by atoms with Crippen molar-refractivity contribution in [2.75, 3.05) is 40.4 Å². The molecule has 0 aliphatic carbocycles. The third kappa shape index (κ3) is 9.23. The molecule has 2 aromatic rings. The Balaban J connectivity index is 1.81. The molecule has 216 valence electrons. The van der Waals surface area contributed by atoms with Gasteiger partial charge in [0.25, 0.3) is 0 Å². The van der Waals surface area contributed by atoms with Crippen LogP contribution in [-0.4, -0.2) is 62.5 Å². The fourth-order valence-corrected chi connectivity index (χ4v) is 5.71. The number of hydrogen-bond donors (Lipinski definition) is 3. The van der Waals surface area contributed by atoms with E-state index in [-0.39, 0.29) is 18.0 Å². The minimum Gasteiger partial charge on any atom is -0.489 e. The number of hydrogen-bond acceptors (Lipinski definition) is 5. The molecule has 0 radical (unpaired) electrons. The molecular weight excluding hydrogens is 490 g/mol. The van der Waals surface area contributed by atoms with E-state index in [0.29, 0.717) is 44.4 Å². The van der Waals surface area contributed by atoms with Crippen molar-refractivity contribution in [3.8, 4) is 5.75 Å². The van der Waals surface area contributed by atoms with Crippen molar-refractivity contribution in [3.63, 3.8) is 0 Å². The lowest BCUT2D eigenvalue weighted by Crippen LogP contribution is -2.54. The van der Waals surface area contributed by atoms with Gasteiger partial charge in [-0.1, -0.05) is 62.4 Å². The molecule has 3 rings (SSSR count). The van der Waals surface area contributed by atoms with E-state index in [9.17, 15) is 9.90 Å². The molecule has 1 aliphatic heterocycles. The van der Waals surface area contributed by atoms with Gasteiger partial charge >= 0.3 is 6.03 Å². The largest absolute Gasteiger partial charge is 0.489 e. The Hall–Kier alpha value is -2.61. The first-order valence-corrected chi connectivity index (χ1v) is 14.5. The van der Waals surface area contributed by atoms with Gasteiger partial charge in [0.1, 0.15) is 12.4 Å². The molecule has 1 heterocycles. The normalized spacial score (nSPS) is 18.0. The molecule has 2 amide bonds. The second-order valence-electron chi connectivity index (χ2n) is 11.3. The Kier molecular flexibility index (Phi) is 12.6. The predicted octanol–water partition coefficient (Wildman–Crippen LogP) is 5.33. The molecule has 39 heavy (non-hydrogen) atoms. The van der Waals surface area contributed by atoms with Crippen LogP contribution < -0.4 is 15.4 Å². The first kappa shape index (κ1) is 30.9. The summed E-state index contributed by atoms with van der Waals surface area (Å²) in [7, 11) is 3.62. The third-order valence-corrected chi connectivity index (χ3v) is 7.67. The number of aliphatic hydroxyl groups is 1. The highest BCUT2D eigenvalue weighted by molar-refractivity contribution is 5.74. The Bertz CT molecular complexity index is 986. The van der Waals surface area contributed by atoms with E-state index in [1.807, 2.05) is 66.5 Å². The fraction of sp³-hybridized carbons (Fsp3) is 0.594. The number of unbranched alkanes of at least 4 members (excludes halogenated alkanes) is 1. The van der Waals surface area contributed by atoms with Crippen LogP contribution in [0.3, 0.4) is 0 Å². The van der Waals surface area contributed by atoms with Gasteiger partial charge in [-0.25, -0.2) is 4.79 Å². The number of ether oxygens (including phenoxy) is 2. The second-order valence-corrected chi connectivity index (χ2v) is 11.3. The average Bonchev–Trinajstić information content (AvgIpc) is 2.94. The monoisotopic (exact) mass is 539 g/mol. The van der Waals surface area contributed by atoms with Crippen LogP contribution in [0.4, 0.5) is 4.79 Å². The smallest absolute Gasteiger partial charge is 0.317 e. The summed E-state index contributed by atoms with van der Waals surface area (Å²) in [5.41, 5.74) is 0.759. The Morgan fingerprint density at radius 3 is 2.59 bits per heavy atom. The maximum Gasteiger partial charge on any atom is 0.317 e. The summed E-state index contributed by atoms with van der Waals surface area (Å²) in [6, 6.07) is 17.9. The summed E-state index contributed by atoms with van der Waals surface area (Å²) in [6.07, 6.45) is 4.88. The van der Waals surface area contributed by atoms with Gasteiger partial charge in [-0.3, -0.25) is 0 Å². The molecule has 0 saturated carbocycles. The van der Waals surface area contributed by atoms with E-state index in [1.165, 1.54) is 0 Å². The Labute approximate surface area is 235 Å². The first-order chi connectivity index (χ1) is 18.9. The summed E-state index contributed by atoms with van der Waals surface area (Å²) in [5, 5.41) is 18.9. The van der Waals surface area contributed by atoms with Crippen molar-refractivity contribution in [3.05, 3.63) is 65.7 Å². The van der Waals surface area contributed by atoms with Gasteiger partial charge < -0.3 is 30.1 Å². The Morgan fingerprint density at radius 2 is 1.87 bits per heavy atom. The standard InChI is InChI=1S/C32H49N3O4/c1-25(2)21-28(22-33-3)34-31(36)35-19-12-15-27(23-35)32(37,18-10-11-20-38-4)29-16-8-9-17-30(29)39-24-26-13-6-5-7-14-26/h5-9,13-14,16-17,25,27-28,33,37H,10-12,15,18-24H2,1-4H3,(H,34,36)/t27-,28?,32?/m1/s1. The number of likely N-dealkylation sites (tertiary alicyclic amines) is 1. The number of urea groups is 1. The van der Waals surface area contributed by atoms with Crippen molar-refractivity contribution in [1.29, 1.82) is 0 Å². The van der Waals surface area contributed by atoms with Gasteiger partial charge in [-0.2, -0.15) is 0 Å². The highest BCUT2D eigenvalue weighted by Gasteiger charge is 2.43. The molecule has 1 aliphatic rings. The van der Waals surface area contributed by atoms with Gasteiger partial charge in [-0.05, 0) is 63.1 Å². The highest BCUT2D eigenvalue weighted by Crippen LogP contribution is 2.43. The van der Waals surface area contributed by atoms with E-state index >= 15 is 0 Å². The number of para-hydroxylation sites is 1. The minimum absolute atomic E-state index is 0.0454.